The molecule has 1 fully saturated rings. The third kappa shape index (κ3) is 4.55. The maximum Gasteiger partial charge on any atom is 0.235 e. The van der Waals surface area contributed by atoms with E-state index in [1.54, 1.807) is 0 Å². The minimum absolute atomic E-state index is 0.345. The highest BCUT2D eigenvalue weighted by atomic mass is 35.5. The first-order chi connectivity index (χ1) is 14.1. The highest BCUT2D eigenvalue weighted by molar-refractivity contribution is 6.30. The molecule has 29 heavy (non-hydrogen) atoms. The van der Waals surface area contributed by atoms with E-state index < -0.39 is 0 Å². The number of benzene rings is 2. The zero-order valence-corrected chi connectivity index (χ0v) is 17.0. The zero-order chi connectivity index (χ0) is 20.2. The van der Waals surface area contributed by atoms with Gasteiger partial charge in [-0.25, -0.2) is 0 Å². The van der Waals surface area contributed by atoms with Crippen LogP contribution in [0.25, 0.3) is 11.5 Å². The number of rotatable bonds is 5. The van der Waals surface area contributed by atoms with E-state index >= 15 is 0 Å². The van der Waals surface area contributed by atoms with Crippen molar-refractivity contribution in [2.75, 3.05) is 18.0 Å². The van der Waals surface area contributed by atoms with Crippen LogP contribution in [0.3, 0.4) is 0 Å². The van der Waals surface area contributed by atoms with Crippen LogP contribution in [0.2, 0.25) is 5.02 Å². The van der Waals surface area contributed by atoms with Crippen molar-refractivity contribution in [3.8, 4) is 23.3 Å². The maximum atomic E-state index is 9.47. The molecule has 5 nitrogen and oxygen atoms in total. The van der Waals surface area contributed by atoms with Crippen LogP contribution in [0.4, 0.5) is 5.88 Å². The standard InChI is InChI=1S/C23H22ClN3O2/c1-16-10-12-27(13-11-16)23-21(14-25)26-22(29-23)18-4-8-20(9-5-18)28-15-17-2-6-19(24)7-3-17/h2-9,16H,10-13,15H2,1H3. The molecule has 0 unspecified atom stereocenters. The SMILES string of the molecule is CC1CCN(c2oc(-c3ccc(OCc4ccc(Cl)cc4)cc3)nc2C#N)CC1. The summed E-state index contributed by atoms with van der Waals surface area (Å²) in [5.41, 5.74) is 2.21. The van der Waals surface area contributed by atoms with E-state index in [1.807, 2.05) is 48.5 Å². The molecule has 0 amide bonds. The van der Waals surface area contributed by atoms with Gasteiger partial charge >= 0.3 is 0 Å². The summed E-state index contributed by atoms with van der Waals surface area (Å²) >= 11 is 5.90. The Morgan fingerprint density at radius 1 is 1.14 bits per heavy atom. The molecule has 0 aliphatic carbocycles. The monoisotopic (exact) mass is 407 g/mol. The number of nitriles is 1. The highest BCUT2D eigenvalue weighted by Gasteiger charge is 2.24. The smallest absolute Gasteiger partial charge is 0.235 e. The Morgan fingerprint density at radius 2 is 1.83 bits per heavy atom. The van der Waals surface area contributed by atoms with Gasteiger partial charge in [-0.1, -0.05) is 30.7 Å². The van der Waals surface area contributed by atoms with Crippen LogP contribution in [0.1, 0.15) is 31.0 Å². The second-order valence-electron chi connectivity index (χ2n) is 7.39. The zero-order valence-electron chi connectivity index (χ0n) is 16.3. The van der Waals surface area contributed by atoms with E-state index in [-0.39, 0.29) is 0 Å². The molecule has 2 aromatic carbocycles. The first-order valence-corrected chi connectivity index (χ1v) is 10.1. The van der Waals surface area contributed by atoms with Crippen LogP contribution in [0.15, 0.2) is 52.9 Å². The molecule has 1 aromatic heterocycles. The Balaban J connectivity index is 1.46. The Morgan fingerprint density at radius 3 is 2.48 bits per heavy atom. The summed E-state index contributed by atoms with van der Waals surface area (Å²) in [6.45, 7) is 4.50. The van der Waals surface area contributed by atoms with Crippen molar-refractivity contribution < 1.29 is 9.15 Å². The predicted octanol–water partition coefficient (Wildman–Crippen LogP) is 5.68. The molecular formula is C23H22ClN3O2. The fourth-order valence-electron chi connectivity index (χ4n) is 3.38. The molecule has 4 rings (SSSR count). The molecule has 6 heteroatoms. The average Bonchev–Trinajstić information content (AvgIpc) is 3.19. The van der Waals surface area contributed by atoms with Crippen molar-refractivity contribution in [1.82, 2.24) is 4.98 Å². The van der Waals surface area contributed by atoms with Crippen LogP contribution < -0.4 is 9.64 Å². The molecule has 0 N–H and O–H groups in total. The van der Waals surface area contributed by atoms with E-state index in [1.165, 1.54) is 0 Å². The Labute approximate surface area is 175 Å². The summed E-state index contributed by atoms with van der Waals surface area (Å²) in [4.78, 5) is 6.53. The number of hydrogen-bond acceptors (Lipinski definition) is 5. The van der Waals surface area contributed by atoms with Crippen LogP contribution in [-0.2, 0) is 6.61 Å². The van der Waals surface area contributed by atoms with Crippen LogP contribution in [0.5, 0.6) is 5.75 Å². The third-order valence-corrected chi connectivity index (χ3v) is 5.46. The van der Waals surface area contributed by atoms with E-state index in [4.69, 9.17) is 20.8 Å². The number of piperidine rings is 1. The van der Waals surface area contributed by atoms with Crippen molar-refractivity contribution in [2.24, 2.45) is 5.92 Å². The van der Waals surface area contributed by atoms with Gasteiger partial charge in [0.05, 0.1) is 0 Å². The molecule has 0 bridgehead atoms. The largest absolute Gasteiger partial charge is 0.489 e. The number of hydrogen-bond donors (Lipinski definition) is 0. The Hall–Kier alpha value is -2.97. The fraction of sp³-hybridized carbons (Fsp3) is 0.304. The maximum absolute atomic E-state index is 9.47. The Bertz CT molecular complexity index is 998. The van der Waals surface area contributed by atoms with Gasteiger partial charge in [0.25, 0.3) is 0 Å². The third-order valence-electron chi connectivity index (χ3n) is 5.21. The molecule has 1 aliphatic heterocycles. The van der Waals surface area contributed by atoms with Gasteiger partial charge in [-0.3, -0.25) is 0 Å². The number of aromatic nitrogens is 1. The highest BCUT2D eigenvalue weighted by Crippen LogP contribution is 2.31. The van der Waals surface area contributed by atoms with Gasteiger partial charge < -0.3 is 14.1 Å². The van der Waals surface area contributed by atoms with Crippen LogP contribution in [-0.4, -0.2) is 18.1 Å². The molecule has 0 spiro atoms. The van der Waals surface area contributed by atoms with Gasteiger partial charge in [-0.05, 0) is 60.7 Å². The van der Waals surface area contributed by atoms with Crippen molar-refractivity contribution in [1.29, 1.82) is 5.26 Å². The van der Waals surface area contributed by atoms with E-state index in [0.29, 0.717) is 35.0 Å². The molecule has 0 atom stereocenters. The van der Waals surface area contributed by atoms with Crippen LogP contribution in [0, 0.1) is 17.2 Å². The van der Waals surface area contributed by atoms with Crippen molar-refractivity contribution in [3.05, 3.63) is 64.8 Å². The summed E-state index contributed by atoms with van der Waals surface area (Å²) < 4.78 is 11.8. The van der Waals surface area contributed by atoms with Gasteiger partial charge in [0.2, 0.25) is 17.5 Å². The fourth-order valence-corrected chi connectivity index (χ4v) is 3.50. The number of nitrogens with zero attached hydrogens (tertiary/aromatic N) is 3. The first kappa shape index (κ1) is 19.4. The van der Waals surface area contributed by atoms with E-state index in [9.17, 15) is 5.26 Å². The number of oxazole rings is 1. The van der Waals surface area contributed by atoms with Gasteiger partial charge in [-0.2, -0.15) is 10.2 Å². The Kier molecular flexibility index (Phi) is 5.73. The summed E-state index contributed by atoms with van der Waals surface area (Å²) in [6.07, 6.45) is 2.20. The summed E-state index contributed by atoms with van der Waals surface area (Å²) in [5, 5.41) is 10.2. The molecule has 148 valence electrons. The molecule has 0 radical (unpaired) electrons. The number of ether oxygens (including phenoxy) is 1. The van der Waals surface area contributed by atoms with Gasteiger partial charge in [0.15, 0.2) is 0 Å². The van der Waals surface area contributed by atoms with Crippen molar-refractivity contribution in [3.63, 3.8) is 0 Å². The lowest BCUT2D eigenvalue weighted by molar-refractivity contribution is 0.306. The van der Waals surface area contributed by atoms with Gasteiger partial charge in [-0.15, -0.1) is 0 Å². The molecule has 0 saturated carbocycles. The molecule has 3 aromatic rings. The number of anilines is 1. The van der Waals surface area contributed by atoms with Gasteiger partial charge in [0.1, 0.15) is 18.4 Å². The lowest BCUT2D eigenvalue weighted by Gasteiger charge is -2.29. The van der Waals surface area contributed by atoms with Crippen molar-refractivity contribution in [2.45, 2.75) is 26.4 Å². The summed E-state index contributed by atoms with van der Waals surface area (Å²) in [6, 6.07) is 17.3. The lowest BCUT2D eigenvalue weighted by Crippen LogP contribution is -2.32. The average molecular weight is 408 g/mol. The second-order valence-corrected chi connectivity index (χ2v) is 7.83. The van der Waals surface area contributed by atoms with E-state index in [0.717, 1.165) is 42.8 Å². The molecule has 1 saturated heterocycles. The summed E-state index contributed by atoms with van der Waals surface area (Å²) in [5.74, 6) is 2.50. The molecule has 2 heterocycles. The first-order valence-electron chi connectivity index (χ1n) is 9.76. The minimum atomic E-state index is 0.345. The molecule has 1 aliphatic rings. The quantitative estimate of drug-likeness (QED) is 0.544. The summed E-state index contributed by atoms with van der Waals surface area (Å²) in [7, 11) is 0. The second kappa shape index (κ2) is 8.59. The number of halogens is 1. The topological polar surface area (TPSA) is 62.3 Å². The normalized spacial score (nSPS) is 14.6. The van der Waals surface area contributed by atoms with Crippen molar-refractivity contribution >= 4 is 17.5 Å². The van der Waals surface area contributed by atoms with E-state index in [2.05, 4.69) is 22.9 Å². The predicted molar refractivity (Wildman–Crippen MR) is 113 cm³/mol. The molecular weight excluding hydrogens is 386 g/mol. The minimum Gasteiger partial charge on any atom is -0.489 e. The van der Waals surface area contributed by atoms with Gasteiger partial charge in [0, 0.05) is 23.7 Å². The van der Waals surface area contributed by atoms with Crippen LogP contribution >= 0.6 is 11.6 Å². The lowest BCUT2D eigenvalue weighted by atomic mass is 9.99.